The number of para-hydroxylation sites is 1. The lowest BCUT2D eigenvalue weighted by molar-refractivity contribution is 0.246. The van der Waals surface area contributed by atoms with Crippen LogP contribution in [0.2, 0.25) is 0 Å². The molecule has 1 aliphatic carbocycles. The predicted molar refractivity (Wildman–Crippen MR) is 131 cm³/mol. The minimum atomic E-state index is -0.144. The molecule has 0 radical (unpaired) electrons. The molecular formula is C25H32N6O. The van der Waals surface area contributed by atoms with Gasteiger partial charge in [-0.1, -0.05) is 29.8 Å². The second-order valence-corrected chi connectivity index (χ2v) is 8.85. The second-order valence-electron chi connectivity index (χ2n) is 8.85. The normalized spacial score (nSPS) is 18.2. The van der Waals surface area contributed by atoms with Crippen LogP contribution >= 0.6 is 0 Å². The van der Waals surface area contributed by atoms with Crippen molar-refractivity contribution in [2.75, 3.05) is 36.2 Å². The van der Waals surface area contributed by atoms with Crippen LogP contribution in [-0.2, 0) is 0 Å². The Balaban J connectivity index is 1.27. The van der Waals surface area contributed by atoms with Gasteiger partial charge in [-0.25, -0.2) is 9.78 Å². The van der Waals surface area contributed by atoms with E-state index in [1.54, 1.807) is 0 Å². The lowest BCUT2D eigenvalue weighted by Crippen LogP contribution is -2.36. The SMILES string of the molecule is Cc1ccc(NC(=O)NCC2CCC(Nc3nc(N(C)C)c4ccccc4n3)CC2)cc1. The summed E-state index contributed by atoms with van der Waals surface area (Å²) in [4.78, 5) is 23.7. The number of fused-ring (bicyclic) bond motifs is 1. The van der Waals surface area contributed by atoms with Gasteiger partial charge in [0.1, 0.15) is 5.82 Å². The molecule has 2 aromatic carbocycles. The van der Waals surface area contributed by atoms with Crippen molar-refractivity contribution in [3.05, 3.63) is 54.1 Å². The molecule has 1 saturated carbocycles. The minimum absolute atomic E-state index is 0.144. The number of aryl methyl sites for hydroxylation is 1. The van der Waals surface area contributed by atoms with E-state index in [0.717, 1.165) is 48.1 Å². The highest BCUT2D eigenvalue weighted by atomic mass is 16.2. The number of hydrogen-bond donors (Lipinski definition) is 3. The molecule has 1 heterocycles. The number of carbonyl (C=O) groups excluding carboxylic acids is 1. The Labute approximate surface area is 189 Å². The highest BCUT2D eigenvalue weighted by Crippen LogP contribution is 2.28. The van der Waals surface area contributed by atoms with Gasteiger partial charge in [-0.05, 0) is 62.8 Å². The molecule has 1 aliphatic rings. The van der Waals surface area contributed by atoms with Crippen molar-refractivity contribution in [3.8, 4) is 0 Å². The Morgan fingerprint density at radius 2 is 1.72 bits per heavy atom. The first kappa shape index (κ1) is 21.9. The molecule has 0 atom stereocenters. The summed E-state index contributed by atoms with van der Waals surface area (Å²) in [6.45, 7) is 2.73. The van der Waals surface area contributed by atoms with Gasteiger partial charge in [-0.15, -0.1) is 0 Å². The van der Waals surface area contributed by atoms with Crippen molar-refractivity contribution < 1.29 is 4.79 Å². The molecule has 3 aromatic rings. The zero-order valence-electron chi connectivity index (χ0n) is 19.1. The van der Waals surface area contributed by atoms with E-state index in [0.29, 0.717) is 24.5 Å². The molecule has 0 saturated heterocycles. The van der Waals surface area contributed by atoms with E-state index >= 15 is 0 Å². The topological polar surface area (TPSA) is 82.2 Å². The summed E-state index contributed by atoms with van der Waals surface area (Å²) in [6, 6.07) is 16.1. The summed E-state index contributed by atoms with van der Waals surface area (Å²) < 4.78 is 0. The molecule has 2 amide bonds. The molecule has 32 heavy (non-hydrogen) atoms. The quantitative estimate of drug-likeness (QED) is 0.521. The van der Waals surface area contributed by atoms with E-state index in [-0.39, 0.29) is 6.03 Å². The highest BCUT2D eigenvalue weighted by molar-refractivity contribution is 5.90. The fourth-order valence-corrected chi connectivity index (χ4v) is 4.21. The summed E-state index contributed by atoms with van der Waals surface area (Å²) in [7, 11) is 4.01. The van der Waals surface area contributed by atoms with Crippen LogP contribution in [0.1, 0.15) is 31.2 Å². The third-order valence-corrected chi connectivity index (χ3v) is 6.05. The van der Waals surface area contributed by atoms with Crippen molar-refractivity contribution in [1.29, 1.82) is 0 Å². The van der Waals surface area contributed by atoms with E-state index in [9.17, 15) is 4.79 Å². The number of rotatable bonds is 6. The van der Waals surface area contributed by atoms with E-state index in [1.807, 2.05) is 68.4 Å². The molecule has 7 nitrogen and oxygen atoms in total. The van der Waals surface area contributed by atoms with Crippen LogP contribution in [0.5, 0.6) is 0 Å². The van der Waals surface area contributed by atoms with Crippen LogP contribution in [0.25, 0.3) is 10.9 Å². The van der Waals surface area contributed by atoms with Crippen LogP contribution in [0, 0.1) is 12.8 Å². The van der Waals surface area contributed by atoms with Gasteiger partial charge in [-0.2, -0.15) is 4.98 Å². The van der Waals surface area contributed by atoms with Crippen molar-refractivity contribution in [3.63, 3.8) is 0 Å². The Hall–Kier alpha value is -3.35. The zero-order chi connectivity index (χ0) is 22.5. The molecule has 0 aliphatic heterocycles. The molecule has 0 bridgehead atoms. The largest absolute Gasteiger partial charge is 0.362 e. The van der Waals surface area contributed by atoms with E-state index in [4.69, 9.17) is 9.97 Å². The Bertz CT molecular complexity index is 1060. The van der Waals surface area contributed by atoms with Gasteiger partial charge in [0, 0.05) is 37.8 Å². The number of nitrogens with zero attached hydrogens (tertiary/aromatic N) is 3. The molecular weight excluding hydrogens is 400 g/mol. The first-order valence-corrected chi connectivity index (χ1v) is 11.3. The van der Waals surface area contributed by atoms with E-state index in [2.05, 4.69) is 22.0 Å². The third kappa shape index (κ3) is 5.46. The maximum absolute atomic E-state index is 12.2. The number of nitrogens with one attached hydrogen (secondary N) is 3. The standard InChI is InChI=1S/C25H32N6O/c1-17-8-12-20(13-9-17)28-25(32)26-16-18-10-14-19(15-11-18)27-24-29-22-7-5-4-6-21(22)23(30-24)31(2)3/h4-9,12-13,18-19H,10-11,14-16H2,1-3H3,(H2,26,28,32)(H,27,29,30). The summed E-state index contributed by atoms with van der Waals surface area (Å²) in [5.74, 6) is 2.11. The van der Waals surface area contributed by atoms with Gasteiger partial charge in [0.2, 0.25) is 5.95 Å². The molecule has 7 heteroatoms. The second kappa shape index (κ2) is 9.85. The number of carbonyl (C=O) groups is 1. The van der Waals surface area contributed by atoms with E-state index in [1.165, 1.54) is 5.56 Å². The van der Waals surface area contributed by atoms with Crippen molar-refractivity contribution in [2.24, 2.45) is 5.92 Å². The number of benzene rings is 2. The average molecular weight is 433 g/mol. The molecule has 168 valence electrons. The molecule has 1 fully saturated rings. The lowest BCUT2D eigenvalue weighted by Gasteiger charge is -2.29. The van der Waals surface area contributed by atoms with Crippen molar-refractivity contribution in [1.82, 2.24) is 15.3 Å². The minimum Gasteiger partial charge on any atom is -0.362 e. The summed E-state index contributed by atoms with van der Waals surface area (Å²) >= 11 is 0. The summed E-state index contributed by atoms with van der Waals surface area (Å²) in [5, 5.41) is 10.5. The molecule has 1 aromatic heterocycles. The summed E-state index contributed by atoms with van der Waals surface area (Å²) in [6.07, 6.45) is 4.21. The monoisotopic (exact) mass is 432 g/mol. The third-order valence-electron chi connectivity index (χ3n) is 6.05. The lowest BCUT2D eigenvalue weighted by atomic mass is 9.86. The van der Waals surface area contributed by atoms with Crippen LogP contribution in [0.3, 0.4) is 0 Å². The number of hydrogen-bond acceptors (Lipinski definition) is 5. The van der Waals surface area contributed by atoms with Gasteiger partial charge in [0.15, 0.2) is 0 Å². The maximum atomic E-state index is 12.2. The highest BCUT2D eigenvalue weighted by Gasteiger charge is 2.22. The fraction of sp³-hybridized carbons (Fsp3) is 0.400. The smallest absolute Gasteiger partial charge is 0.319 e. The van der Waals surface area contributed by atoms with Gasteiger partial charge in [-0.3, -0.25) is 0 Å². The predicted octanol–water partition coefficient (Wildman–Crippen LogP) is 4.80. The van der Waals surface area contributed by atoms with Gasteiger partial charge >= 0.3 is 6.03 Å². The van der Waals surface area contributed by atoms with Crippen LogP contribution in [0.4, 0.5) is 22.2 Å². The number of aromatic nitrogens is 2. The molecule has 3 N–H and O–H groups in total. The Morgan fingerprint density at radius 3 is 2.44 bits per heavy atom. The summed E-state index contributed by atoms with van der Waals surface area (Å²) in [5.41, 5.74) is 2.94. The number of anilines is 3. The number of amides is 2. The van der Waals surface area contributed by atoms with Crippen LogP contribution < -0.4 is 20.9 Å². The zero-order valence-corrected chi connectivity index (χ0v) is 19.1. The van der Waals surface area contributed by atoms with Crippen molar-refractivity contribution >= 4 is 34.4 Å². The van der Waals surface area contributed by atoms with Gasteiger partial charge in [0.05, 0.1) is 5.52 Å². The van der Waals surface area contributed by atoms with Crippen LogP contribution in [-0.4, -0.2) is 42.7 Å². The number of urea groups is 1. The first-order valence-electron chi connectivity index (χ1n) is 11.3. The molecule has 0 spiro atoms. The fourth-order valence-electron chi connectivity index (χ4n) is 4.21. The first-order chi connectivity index (χ1) is 15.5. The Kier molecular flexibility index (Phi) is 6.73. The average Bonchev–Trinajstić information content (AvgIpc) is 2.79. The maximum Gasteiger partial charge on any atom is 0.319 e. The van der Waals surface area contributed by atoms with Gasteiger partial charge < -0.3 is 20.9 Å². The van der Waals surface area contributed by atoms with Crippen molar-refractivity contribution in [2.45, 2.75) is 38.6 Å². The van der Waals surface area contributed by atoms with Gasteiger partial charge in [0.25, 0.3) is 0 Å². The Morgan fingerprint density at radius 1 is 1.00 bits per heavy atom. The van der Waals surface area contributed by atoms with Crippen LogP contribution in [0.15, 0.2) is 48.5 Å². The molecule has 4 rings (SSSR count). The molecule has 0 unspecified atom stereocenters. The van der Waals surface area contributed by atoms with E-state index < -0.39 is 0 Å².